The van der Waals surface area contributed by atoms with Crippen LogP contribution < -0.4 is 34.9 Å². The lowest BCUT2D eigenvalue weighted by Crippen LogP contribution is -2.32. The Kier molecular flexibility index (Phi) is 12.2. The zero-order valence-electron chi connectivity index (χ0n) is 25.3. The maximum Gasteiger partial charge on any atom is 0.422 e. The van der Waals surface area contributed by atoms with Crippen molar-refractivity contribution in [3.05, 3.63) is 77.4 Å². The van der Waals surface area contributed by atoms with Crippen LogP contribution in [0.15, 0.2) is 60.7 Å². The molecule has 1 heterocycles. The highest BCUT2D eigenvalue weighted by Crippen LogP contribution is 2.34. The van der Waals surface area contributed by atoms with Crippen molar-refractivity contribution < 1.29 is 42.0 Å². The van der Waals surface area contributed by atoms with Gasteiger partial charge in [-0.25, -0.2) is 0 Å². The minimum absolute atomic E-state index is 0.00524. The second-order valence-corrected chi connectivity index (χ2v) is 10.7. The lowest BCUT2D eigenvalue weighted by molar-refractivity contribution is -0.153. The van der Waals surface area contributed by atoms with Gasteiger partial charge >= 0.3 is 6.18 Å². The molecule has 0 unspecified atom stereocenters. The van der Waals surface area contributed by atoms with E-state index in [0.717, 1.165) is 29.8 Å². The summed E-state index contributed by atoms with van der Waals surface area (Å²) in [6.07, 6.45) is -2.28. The van der Waals surface area contributed by atoms with E-state index >= 15 is 0 Å². The van der Waals surface area contributed by atoms with Crippen LogP contribution in [-0.2, 0) is 12.8 Å². The van der Waals surface area contributed by atoms with Gasteiger partial charge < -0.3 is 40.0 Å². The fourth-order valence-corrected chi connectivity index (χ4v) is 5.21. The Morgan fingerprint density at radius 2 is 1.53 bits per heavy atom. The van der Waals surface area contributed by atoms with Gasteiger partial charge in [-0.15, -0.1) is 0 Å². The summed E-state index contributed by atoms with van der Waals surface area (Å²) in [6, 6.07) is 17.5. The zero-order valence-corrected chi connectivity index (χ0v) is 25.3. The molecule has 3 aromatic carbocycles. The van der Waals surface area contributed by atoms with Crippen LogP contribution in [0, 0.1) is 0 Å². The molecule has 12 heteroatoms. The number of nitrogens with two attached hydrogens (primary N) is 1. The SMILES string of the molecule is C[C@H](Cc1cc2c(c(C(N)=O)c1)N(CCCO)CC2)NCCOc1ccccc1OCCOc1ccccc1OCC(F)(F)F. The van der Waals surface area contributed by atoms with Crippen molar-refractivity contribution in [3.63, 3.8) is 0 Å². The number of alkyl halides is 3. The first kappa shape index (κ1) is 33.7. The first-order valence-electron chi connectivity index (χ1n) is 15.0. The average Bonchev–Trinajstić information content (AvgIpc) is 3.42. The summed E-state index contributed by atoms with van der Waals surface area (Å²) >= 11 is 0. The number of fused-ring (bicyclic) bond motifs is 1. The molecule has 1 aliphatic heterocycles. The van der Waals surface area contributed by atoms with E-state index in [-0.39, 0.29) is 37.4 Å². The number of para-hydroxylation sites is 4. The van der Waals surface area contributed by atoms with Crippen LogP contribution in [0.1, 0.15) is 34.8 Å². The number of aliphatic hydroxyl groups excluding tert-OH is 1. The predicted octanol–water partition coefficient (Wildman–Crippen LogP) is 4.53. The number of hydrogen-bond donors (Lipinski definition) is 3. The summed E-state index contributed by atoms with van der Waals surface area (Å²) in [5.74, 6) is 0.814. The van der Waals surface area contributed by atoms with Crippen LogP contribution in [0.2, 0.25) is 0 Å². The number of benzene rings is 3. The van der Waals surface area contributed by atoms with Gasteiger partial charge in [0.05, 0.1) is 11.3 Å². The summed E-state index contributed by atoms with van der Waals surface area (Å²) < 4.78 is 59.8. The monoisotopic (exact) mass is 631 g/mol. The number of amides is 1. The summed E-state index contributed by atoms with van der Waals surface area (Å²) in [5.41, 5.74) is 9.28. The molecule has 0 fully saturated rings. The molecule has 4 rings (SSSR count). The molecule has 0 radical (unpaired) electrons. The number of anilines is 1. The third-order valence-corrected chi connectivity index (χ3v) is 7.15. The van der Waals surface area contributed by atoms with E-state index in [0.29, 0.717) is 49.6 Å². The molecular weight excluding hydrogens is 591 g/mol. The lowest BCUT2D eigenvalue weighted by Gasteiger charge is -2.22. The quantitative estimate of drug-likeness (QED) is 0.176. The minimum atomic E-state index is -4.45. The van der Waals surface area contributed by atoms with E-state index in [9.17, 15) is 23.1 Å². The Labute approximate surface area is 261 Å². The molecule has 45 heavy (non-hydrogen) atoms. The number of rotatable bonds is 18. The third-order valence-electron chi connectivity index (χ3n) is 7.15. The fourth-order valence-electron chi connectivity index (χ4n) is 5.21. The molecule has 0 saturated carbocycles. The third kappa shape index (κ3) is 10.2. The van der Waals surface area contributed by atoms with Crippen LogP contribution in [-0.4, -0.2) is 75.9 Å². The van der Waals surface area contributed by atoms with Crippen molar-refractivity contribution >= 4 is 11.6 Å². The van der Waals surface area contributed by atoms with Crippen LogP contribution in [0.5, 0.6) is 23.0 Å². The number of carbonyl (C=O) groups is 1. The number of halogens is 3. The van der Waals surface area contributed by atoms with Crippen molar-refractivity contribution in [1.29, 1.82) is 0 Å². The molecule has 1 amide bonds. The first-order chi connectivity index (χ1) is 21.6. The number of carbonyl (C=O) groups excluding carboxylic acids is 1. The maximum atomic E-state index is 12.5. The Hall–Kier alpha value is -4.16. The molecule has 1 atom stereocenters. The Bertz CT molecular complexity index is 1400. The van der Waals surface area contributed by atoms with Crippen molar-refractivity contribution in [2.75, 3.05) is 57.6 Å². The summed E-state index contributed by atoms with van der Waals surface area (Å²) in [5, 5.41) is 12.7. The summed E-state index contributed by atoms with van der Waals surface area (Å²) in [4.78, 5) is 14.4. The molecule has 0 aliphatic carbocycles. The molecule has 1 aliphatic rings. The summed E-state index contributed by atoms with van der Waals surface area (Å²) in [7, 11) is 0. The second-order valence-electron chi connectivity index (χ2n) is 10.7. The Morgan fingerprint density at radius 3 is 2.09 bits per heavy atom. The van der Waals surface area contributed by atoms with Crippen molar-refractivity contribution in [3.8, 4) is 23.0 Å². The molecule has 9 nitrogen and oxygen atoms in total. The molecule has 244 valence electrons. The molecular formula is C33H40F3N3O6. The number of ether oxygens (including phenoxy) is 4. The van der Waals surface area contributed by atoms with Crippen LogP contribution in [0.25, 0.3) is 0 Å². The molecule has 0 aromatic heterocycles. The average molecular weight is 632 g/mol. The van der Waals surface area contributed by atoms with Crippen LogP contribution in [0.3, 0.4) is 0 Å². The minimum Gasteiger partial charge on any atom is -0.488 e. The van der Waals surface area contributed by atoms with Gasteiger partial charge in [-0.2, -0.15) is 13.2 Å². The van der Waals surface area contributed by atoms with Gasteiger partial charge in [0.15, 0.2) is 29.6 Å². The second kappa shape index (κ2) is 16.2. The van der Waals surface area contributed by atoms with E-state index < -0.39 is 18.7 Å². The lowest BCUT2D eigenvalue weighted by atomic mass is 9.98. The van der Waals surface area contributed by atoms with Crippen LogP contribution >= 0.6 is 0 Å². The molecule has 0 spiro atoms. The van der Waals surface area contributed by atoms with Gasteiger partial charge in [-0.05, 0) is 67.6 Å². The zero-order chi connectivity index (χ0) is 32.2. The van der Waals surface area contributed by atoms with Crippen molar-refractivity contribution in [2.45, 2.75) is 38.4 Å². The van der Waals surface area contributed by atoms with E-state index in [1.54, 1.807) is 24.3 Å². The number of hydrogen-bond acceptors (Lipinski definition) is 8. The van der Waals surface area contributed by atoms with Gasteiger partial charge in [-0.1, -0.05) is 30.3 Å². The highest BCUT2D eigenvalue weighted by Gasteiger charge is 2.29. The van der Waals surface area contributed by atoms with Crippen molar-refractivity contribution in [2.24, 2.45) is 5.73 Å². The highest BCUT2D eigenvalue weighted by atomic mass is 19.4. The Balaban J connectivity index is 1.22. The highest BCUT2D eigenvalue weighted by molar-refractivity contribution is 6.00. The van der Waals surface area contributed by atoms with E-state index in [2.05, 4.69) is 23.2 Å². The maximum absolute atomic E-state index is 12.5. The van der Waals surface area contributed by atoms with Crippen molar-refractivity contribution in [1.82, 2.24) is 5.32 Å². The van der Waals surface area contributed by atoms with E-state index in [4.69, 9.17) is 24.7 Å². The number of nitrogens with zero attached hydrogens (tertiary/aromatic N) is 1. The standard InChI is InChI=1S/C33H40F3N3O6/c1-23(19-24-20-25-11-14-39(13-6-15-40)31(25)26(21-24)32(37)41)38-12-16-42-27-7-2-3-8-28(27)43-17-18-44-29-9-4-5-10-30(29)45-22-33(34,35)36/h2-5,7-10,20-21,23,38,40H,6,11-19,22H2,1H3,(H2,37,41)/t23-/m1/s1. The fraction of sp³-hybridized carbons (Fsp3) is 0.424. The molecule has 0 bridgehead atoms. The first-order valence-corrected chi connectivity index (χ1v) is 15.0. The number of aliphatic hydroxyl groups is 1. The summed E-state index contributed by atoms with van der Waals surface area (Å²) in [6.45, 7) is 3.40. The van der Waals surface area contributed by atoms with Gasteiger partial charge in [0, 0.05) is 32.3 Å². The molecule has 3 aromatic rings. The number of nitrogens with one attached hydrogen (secondary N) is 1. The van der Waals surface area contributed by atoms with Crippen LogP contribution in [0.4, 0.5) is 18.9 Å². The van der Waals surface area contributed by atoms with Gasteiger partial charge in [0.2, 0.25) is 0 Å². The predicted molar refractivity (Wildman–Crippen MR) is 165 cm³/mol. The Morgan fingerprint density at radius 1 is 0.956 bits per heavy atom. The van der Waals surface area contributed by atoms with Gasteiger partial charge in [0.1, 0.15) is 19.8 Å². The normalized spacial score (nSPS) is 13.3. The van der Waals surface area contributed by atoms with Gasteiger partial charge in [0.25, 0.3) is 5.91 Å². The largest absolute Gasteiger partial charge is 0.488 e. The molecule has 0 saturated heterocycles. The topological polar surface area (TPSA) is 116 Å². The molecule has 4 N–H and O–H groups in total. The smallest absolute Gasteiger partial charge is 0.422 e. The van der Waals surface area contributed by atoms with E-state index in [1.165, 1.54) is 12.1 Å². The number of primary amides is 1. The van der Waals surface area contributed by atoms with Gasteiger partial charge in [-0.3, -0.25) is 4.79 Å². The van der Waals surface area contributed by atoms with E-state index in [1.807, 2.05) is 18.2 Å².